The lowest BCUT2D eigenvalue weighted by Crippen LogP contribution is -2.34. The first kappa shape index (κ1) is 12.9. The molecule has 0 spiro atoms. The summed E-state index contributed by atoms with van der Waals surface area (Å²) < 4.78 is 0. The molecule has 1 aromatic rings. The van der Waals surface area contributed by atoms with Crippen LogP contribution in [0.2, 0.25) is 0 Å². The van der Waals surface area contributed by atoms with E-state index >= 15 is 0 Å². The smallest absolute Gasteiger partial charge is 0.229 e. The van der Waals surface area contributed by atoms with Crippen LogP contribution in [0.25, 0.3) is 0 Å². The van der Waals surface area contributed by atoms with Gasteiger partial charge in [0.25, 0.3) is 0 Å². The number of nitrogen functional groups attached to an aromatic ring is 1. The molecule has 0 atom stereocenters. The van der Waals surface area contributed by atoms with Crippen LogP contribution in [-0.2, 0) is 4.79 Å². The Hall–Kier alpha value is -1.51. The van der Waals surface area contributed by atoms with Crippen LogP contribution in [0.15, 0.2) is 18.2 Å². The van der Waals surface area contributed by atoms with Gasteiger partial charge in [0.2, 0.25) is 5.91 Å². The van der Waals surface area contributed by atoms with Crippen LogP contribution in [0.4, 0.5) is 11.4 Å². The van der Waals surface area contributed by atoms with E-state index in [9.17, 15) is 4.79 Å². The van der Waals surface area contributed by atoms with Gasteiger partial charge in [-0.25, -0.2) is 0 Å². The van der Waals surface area contributed by atoms with E-state index in [-0.39, 0.29) is 11.8 Å². The van der Waals surface area contributed by atoms with Gasteiger partial charge in [0.15, 0.2) is 0 Å². The maximum absolute atomic E-state index is 12.4. The van der Waals surface area contributed by atoms with Crippen LogP contribution in [0.3, 0.4) is 0 Å². The zero-order valence-corrected chi connectivity index (χ0v) is 11.3. The highest BCUT2D eigenvalue weighted by Gasteiger charge is 2.25. The Morgan fingerprint density at radius 3 is 2.56 bits per heavy atom. The third-order valence-corrected chi connectivity index (χ3v) is 3.83. The number of hydrogen-bond donors (Lipinski definition) is 1. The average Bonchev–Trinajstić information content (AvgIpc) is 2.38. The fourth-order valence-corrected chi connectivity index (χ4v) is 2.72. The Morgan fingerprint density at radius 1 is 1.28 bits per heavy atom. The number of amides is 1. The van der Waals surface area contributed by atoms with Crippen molar-refractivity contribution in [2.75, 3.05) is 17.7 Å². The van der Waals surface area contributed by atoms with Gasteiger partial charge in [-0.3, -0.25) is 4.79 Å². The number of carbonyl (C=O) groups is 1. The lowest BCUT2D eigenvalue weighted by Gasteiger charge is -2.27. The molecule has 0 unspecified atom stereocenters. The van der Waals surface area contributed by atoms with Gasteiger partial charge in [-0.1, -0.05) is 25.3 Å². The van der Waals surface area contributed by atoms with Gasteiger partial charge in [-0.05, 0) is 37.5 Å². The predicted molar refractivity (Wildman–Crippen MR) is 75.6 cm³/mol. The van der Waals surface area contributed by atoms with Crippen LogP contribution in [0.5, 0.6) is 0 Å². The van der Waals surface area contributed by atoms with E-state index < -0.39 is 0 Å². The van der Waals surface area contributed by atoms with E-state index in [4.69, 9.17) is 5.73 Å². The Bertz CT molecular complexity index is 436. The molecule has 1 amide bonds. The molecule has 1 aliphatic rings. The molecule has 1 saturated carbocycles. The molecule has 0 heterocycles. The summed E-state index contributed by atoms with van der Waals surface area (Å²) in [6, 6.07) is 5.85. The fourth-order valence-electron chi connectivity index (χ4n) is 2.72. The monoisotopic (exact) mass is 246 g/mol. The number of benzene rings is 1. The molecule has 1 fully saturated rings. The Labute approximate surface area is 109 Å². The molecular weight excluding hydrogens is 224 g/mol. The molecule has 18 heavy (non-hydrogen) atoms. The minimum Gasteiger partial charge on any atom is -0.397 e. The van der Waals surface area contributed by atoms with E-state index in [0.29, 0.717) is 5.69 Å². The van der Waals surface area contributed by atoms with Crippen molar-refractivity contribution in [3.8, 4) is 0 Å². The van der Waals surface area contributed by atoms with E-state index in [1.54, 1.807) is 4.90 Å². The lowest BCUT2D eigenvalue weighted by atomic mass is 9.88. The standard InChI is InChI=1S/C15H22N2O/c1-11-8-9-14(13(16)10-11)17(2)15(18)12-6-4-3-5-7-12/h8-10,12H,3-7,16H2,1-2H3. The normalized spacial score (nSPS) is 16.6. The quantitative estimate of drug-likeness (QED) is 0.815. The SMILES string of the molecule is Cc1ccc(N(C)C(=O)C2CCCCC2)c(N)c1. The van der Waals surface area contributed by atoms with Gasteiger partial charge in [0, 0.05) is 13.0 Å². The van der Waals surface area contributed by atoms with E-state index in [1.165, 1.54) is 19.3 Å². The summed E-state index contributed by atoms with van der Waals surface area (Å²) in [6.45, 7) is 2.00. The van der Waals surface area contributed by atoms with Gasteiger partial charge in [0.1, 0.15) is 0 Å². The molecule has 1 aromatic carbocycles. The zero-order chi connectivity index (χ0) is 13.1. The average molecular weight is 246 g/mol. The molecule has 0 radical (unpaired) electrons. The summed E-state index contributed by atoms with van der Waals surface area (Å²) in [5, 5.41) is 0. The van der Waals surface area contributed by atoms with E-state index in [1.807, 2.05) is 32.2 Å². The third-order valence-electron chi connectivity index (χ3n) is 3.83. The molecule has 0 bridgehead atoms. The third kappa shape index (κ3) is 2.66. The van der Waals surface area contributed by atoms with E-state index in [2.05, 4.69) is 0 Å². The van der Waals surface area contributed by atoms with Crippen LogP contribution in [0, 0.1) is 12.8 Å². The number of hydrogen-bond acceptors (Lipinski definition) is 2. The Morgan fingerprint density at radius 2 is 1.94 bits per heavy atom. The summed E-state index contributed by atoms with van der Waals surface area (Å²) in [5.74, 6) is 0.398. The minimum absolute atomic E-state index is 0.185. The number of anilines is 2. The van der Waals surface area contributed by atoms with E-state index in [0.717, 1.165) is 24.1 Å². The van der Waals surface area contributed by atoms with Gasteiger partial charge >= 0.3 is 0 Å². The van der Waals surface area contributed by atoms with Crippen molar-refractivity contribution >= 4 is 17.3 Å². The minimum atomic E-state index is 0.185. The first-order valence-electron chi connectivity index (χ1n) is 6.73. The second kappa shape index (κ2) is 5.42. The molecule has 0 saturated heterocycles. The first-order chi connectivity index (χ1) is 8.59. The summed E-state index contributed by atoms with van der Waals surface area (Å²) >= 11 is 0. The molecular formula is C15H22N2O. The number of aryl methyl sites for hydroxylation is 1. The molecule has 3 heteroatoms. The van der Waals surface area contributed by atoms with Crippen LogP contribution in [0.1, 0.15) is 37.7 Å². The van der Waals surface area contributed by atoms with Crippen LogP contribution in [-0.4, -0.2) is 13.0 Å². The number of nitrogens with zero attached hydrogens (tertiary/aromatic N) is 1. The van der Waals surface area contributed by atoms with Gasteiger partial charge in [-0.15, -0.1) is 0 Å². The topological polar surface area (TPSA) is 46.3 Å². The lowest BCUT2D eigenvalue weighted by molar-refractivity contribution is -0.123. The maximum atomic E-state index is 12.4. The molecule has 2 rings (SSSR count). The Kier molecular flexibility index (Phi) is 3.90. The summed E-state index contributed by atoms with van der Waals surface area (Å²) in [4.78, 5) is 14.1. The summed E-state index contributed by atoms with van der Waals surface area (Å²) in [5.41, 5.74) is 8.63. The second-order valence-corrected chi connectivity index (χ2v) is 5.29. The Balaban J connectivity index is 2.14. The van der Waals surface area contributed by atoms with Crippen LogP contribution >= 0.6 is 0 Å². The molecule has 1 aliphatic carbocycles. The highest BCUT2D eigenvalue weighted by molar-refractivity contribution is 5.97. The second-order valence-electron chi connectivity index (χ2n) is 5.29. The first-order valence-corrected chi connectivity index (χ1v) is 6.73. The number of nitrogens with two attached hydrogens (primary N) is 1. The van der Waals surface area contributed by atoms with Crippen molar-refractivity contribution in [3.63, 3.8) is 0 Å². The largest absolute Gasteiger partial charge is 0.397 e. The summed E-state index contributed by atoms with van der Waals surface area (Å²) in [6.07, 6.45) is 5.66. The molecule has 2 N–H and O–H groups in total. The van der Waals surface area contributed by atoms with Crippen molar-refractivity contribution in [3.05, 3.63) is 23.8 Å². The van der Waals surface area contributed by atoms with Crippen molar-refractivity contribution in [1.82, 2.24) is 0 Å². The molecule has 98 valence electrons. The van der Waals surface area contributed by atoms with Gasteiger partial charge < -0.3 is 10.6 Å². The molecule has 0 aromatic heterocycles. The van der Waals surface area contributed by atoms with Crippen LogP contribution < -0.4 is 10.6 Å². The highest BCUT2D eigenvalue weighted by Crippen LogP contribution is 2.29. The van der Waals surface area contributed by atoms with Crippen molar-refractivity contribution in [2.45, 2.75) is 39.0 Å². The predicted octanol–water partition coefficient (Wildman–Crippen LogP) is 3.12. The summed E-state index contributed by atoms with van der Waals surface area (Å²) in [7, 11) is 1.83. The molecule has 0 aliphatic heterocycles. The molecule has 3 nitrogen and oxygen atoms in total. The van der Waals surface area contributed by atoms with Crippen molar-refractivity contribution in [1.29, 1.82) is 0 Å². The fraction of sp³-hybridized carbons (Fsp3) is 0.533. The van der Waals surface area contributed by atoms with Crippen molar-refractivity contribution in [2.24, 2.45) is 5.92 Å². The maximum Gasteiger partial charge on any atom is 0.229 e. The van der Waals surface area contributed by atoms with Gasteiger partial charge in [0.05, 0.1) is 11.4 Å². The number of rotatable bonds is 2. The number of carbonyl (C=O) groups excluding carboxylic acids is 1. The van der Waals surface area contributed by atoms with Crippen molar-refractivity contribution < 1.29 is 4.79 Å². The highest BCUT2D eigenvalue weighted by atomic mass is 16.2. The van der Waals surface area contributed by atoms with Gasteiger partial charge in [-0.2, -0.15) is 0 Å². The zero-order valence-electron chi connectivity index (χ0n) is 11.3.